The lowest BCUT2D eigenvalue weighted by Gasteiger charge is -2.16. The van der Waals surface area contributed by atoms with Gasteiger partial charge in [-0.2, -0.15) is 4.31 Å². The molecule has 1 saturated heterocycles. The molecule has 0 radical (unpaired) electrons. The first kappa shape index (κ1) is 18.9. The van der Waals surface area contributed by atoms with E-state index in [4.69, 9.17) is 9.15 Å². The Morgan fingerprint density at radius 2 is 2.04 bits per heavy atom. The summed E-state index contributed by atoms with van der Waals surface area (Å²) in [6, 6.07) is 5.37. The molecular weight excluding hydrogens is 361 g/mol. The highest BCUT2D eigenvalue weighted by atomic mass is 32.2. The highest BCUT2D eigenvalue weighted by Gasteiger charge is 2.43. The molecule has 7 nitrogen and oxygen atoms in total. The van der Waals surface area contributed by atoms with E-state index in [0.717, 1.165) is 6.07 Å². The molecule has 3 rings (SSSR count). The average molecular weight is 383 g/mol. The first-order valence-electron chi connectivity index (χ1n) is 8.41. The van der Waals surface area contributed by atoms with Crippen molar-refractivity contribution in [2.45, 2.75) is 30.6 Å². The number of halogens is 1. The van der Waals surface area contributed by atoms with Crippen LogP contribution in [0.25, 0.3) is 0 Å². The van der Waals surface area contributed by atoms with E-state index in [1.54, 1.807) is 7.11 Å². The number of hydrogen-bond acceptors (Lipinski definition) is 6. The van der Waals surface area contributed by atoms with Gasteiger partial charge in [0.2, 0.25) is 21.8 Å². The molecule has 1 aromatic carbocycles. The van der Waals surface area contributed by atoms with Crippen molar-refractivity contribution < 1.29 is 22.0 Å². The highest BCUT2D eigenvalue weighted by molar-refractivity contribution is 7.89. The number of nitrogens with zero attached hydrogens (tertiary/aromatic N) is 3. The molecular formula is C17H22FN3O4S. The lowest BCUT2D eigenvalue weighted by atomic mass is 9.97. The van der Waals surface area contributed by atoms with Crippen LogP contribution in [0.3, 0.4) is 0 Å². The van der Waals surface area contributed by atoms with Crippen LogP contribution in [0, 0.1) is 11.7 Å². The molecule has 9 heteroatoms. The fourth-order valence-electron chi connectivity index (χ4n) is 3.11. The van der Waals surface area contributed by atoms with Crippen LogP contribution in [-0.4, -0.2) is 49.7 Å². The van der Waals surface area contributed by atoms with Gasteiger partial charge >= 0.3 is 0 Å². The molecule has 1 aliphatic rings. The van der Waals surface area contributed by atoms with Crippen molar-refractivity contribution in [1.82, 2.24) is 14.5 Å². The summed E-state index contributed by atoms with van der Waals surface area (Å²) in [5, 5.41) is 8.12. The normalized spacial score (nSPS) is 21.6. The molecule has 2 heterocycles. The molecule has 1 fully saturated rings. The predicted molar refractivity (Wildman–Crippen MR) is 91.7 cm³/mol. The van der Waals surface area contributed by atoms with E-state index >= 15 is 0 Å². The van der Waals surface area contributed by atoms with E-state index in [2.05, 4.69) is 10.2 Å². The monoisotopic (exact) mass is 383 g/mol. The van der Waals surface area contributed by atoms with E-state index in [1.807, 2.05) is 13.8 Å². The van der Waals surface area contributed by atoms with Gasteiger partial charge in [-0.25, -0.2) is 12.8 Å². The standard InChI is InChI=1S/C17H22FN3O4S/c1-11(2)16-19-20-17(25-16)13-9-21(8-12(13)10-24-3)26(22,23)15-7-5-4-6-14(15)18/h4-7,11-13H,8-10H2,1-3H3/t12-,13+/m0/s1. The van der Waals surface area contributed by atoms with E-state index in [0.29, 0.717) is 18.4 Å². The number of rotatable bonds is 6. The minimum atomic E-state index is -3.96. The second-order valence-corrected chi connectivity index (χ2v) is 8.61. The van der Waals surface area contributed by atoms with Crippen LogP contribution < -0.4 is 0 Å². The summed E-state index contributed by atoms with van der Waals surface area (Å²) < 4.78 is 52.0. The van der Waals surface area contributed by atoms with Crippen LogP contribution in [0.15, 0.2) is 33.6 Å². The predicted octanol–water partition coefficient (Wildman–Crippen LogP) is 2.38. The van der Waals surface area contributed by atoms with Gasteiger partial charge in [0.25, 0.3) is 0 Å². The topological polar surface area (TPSA) is 85.5 Å². The second-order valence-electron chi connectivity index (χ2n) is 6.71. The van der Waals surface area contributed by atoms with E-state index in [1.165, 1.54) is 22.5 Å². The Hall–Kier alpha value is -1.84. The lowest BCUT2D eigenvalue weighted by molar-refractivity contribution is 0.146. The first-order valence-corrected chi connectivity index (χ1v) is 9.85. The third-order valence-corrected chi connectivity index (χ3v) is 6.37. The van der Waals surface area contributed by atoms with Gasteiger partial charge in [-0.05, 0) is 12.1 Å². The zero-order valence-corrected chi connectivity index (χ0v) is 15.7. The molecule has 1 aliphatic heterocycles. The molecule has 0 bridgehead atoms. The van der Waals surface area contributed by atoms with Gasteiger partial charge in [-0.1, -0.05) is 26.0 Å². The van der Waals surface area contributed by atoms with Gasteiger partial charge in [-0.3, -0.25) is 0 Å². The van der Waals surface area contributed by atoms with Gasteiger partial charge in [0.1, 0.15) is 10.7 Å². The van der Waals surface area contributed by atoms with Crippen LogP contribution in [0.1, 0.15) is 37.5 Å². The smallest absolute Gasteiger partial charge is 0.246 e. The Kier molecular flexibility index (Phi) is 5.40. The Balaban J connectivity index is 1.90. The summed E-state index contributed by atoms with van der Waals surface area (Å²) in [5.41, 5.74) is 0. The van der Waals surface area contributed by atoms with Gasteiger partial charge in [-0.15, -0.1) is 10.2 Å². The van der Waals surface area contributed by atoms with Crippen molar-refractivity contribution in [2.24, 2.45) is 5.92 Å². The van der Waals surface area contributed by atoms with Crippen molar-refractivity contribution in [3.63, 3.8) is 0 Å². The number of hydrogen-bond donors (Lipinski definition) is 0. The number of benzene rings is 1. The number of methoxy groups -OCH3 is 1. The maximum Gasteiger partial charge on any atom is 0.246 e. The summed E-state index contributed by atoms with van der Waals surface area (Å²) in [5.74, 6) is -0.233. The summed E-state index contributed by atoms with van der Waals surface area (Å²) in [4.78, 5) is -0.329. The number of sulfonamides is 1. The van der Waals surface area contributed by atoms with Crippen LogP contribution in [0.2, 0.25) is 0 Å². The Labute approximate surface area is 152 Å². The molecule has 26 heavy (non-hydrogen) atoms. The van der Waals surface area contributed by atoms with Crippen LogP contribution in [-0.2, 0) is 14.8 Å². The van der Waals surface area contributed by atoms with E-state index < -0.39 is 15.8 Å². The van der Waals surface area contributed by atoms with Crippen molar-refractivity contribution in [1.29, 1.82) is 0 Å². The molecule has 0 saturated carbocycles. The van der Waals surface area contributed by atoms with E-state index in [-0.39, 0.29) is 35.7 Å². The largest absolute Gasteiger partial charge is 0.425 e. The van der Waals surface area contributed by atoms with Gasteiger partial charge in [0, 0.05) is 32.0 Å². The van der Waals surface area contributed by atoms with Crippen molar-refractivity contribution in [3.05, 3.63) is 41.9 Å². The van der Waals surface area contributed by atoms with Crippen molar-refractivity contribution >= 4 is 10.0 Å². The minimum Gasteiger partial charge on any atom is -0.425 e. The van der Waals surface area contributed by atoms with E-state index in [9.17, 15) is 12.8 Å². The number of aromatic nitrogens is 2. The Morgan fingerprint density at radius 1 is 1.31 bits per heavy atom. The zero-order valence-electron chi connectivity index (χ0n) is 14.9. The molecule has 2 aromatic rings. The maximum absolute atomic E-state index is 14.0. The van der Waals surface area contributed by atoms with Crippen molar-refractivity contribution in [3.8, 4) is 0 Å². The molecule has 0 unspecified atom stereocenters. The molecule has 0 N–H and O–H groups in total. The SMILES string of the molecule is COC[C@@H]1CN(S(=O)(=O)c2ccccc2F)C[C@H]1c1nnc(C(C)C)o1. The van der Waals surface area contributed by atoms with Gasteiger partial charge < -0.3 is 9.15 Å². The average Bonchev–Trinajstić information content (AvgIpc) is 3.22. The molecule has 0 spiro atoms. The second kappa shape index (κ2) is 7.42. The maximum atomic E-state index is 14.0. The number of ether oxygens (including phenoxy) is 1. The minimum absolute atomic E-state index is 0.0804. The molecule has 142 valence electrons. The summed E-state index contributed by atoms with van der Waals surface area (Å²) in [6.45, 7) is 4.56. The molecule has 2 atom stereocenters. The quantitative estimate of drug-likeness (QED) is 0.761. The molecule has 0 amide bonds. The first-order chi connectivity index (χ1) is 12.3. The lowest BCUT2D eigenvalue weighted by Crippen LogP contribution is -2.30. The third kappa shape index (κ3) is 3.51. The van der Waals surface area contributed by atoms with Crippen LogP contribution in [0.4, 0.5) is 4.39 Å². The van der Waals surface area contributed by atoms with Crippen molar-refractivity contribution in [2.75, 3.05) is 26.8 Å². The van der Waals surface area contributed by atoms with Crippen LogP contribution in [0.5, 0.6) is 0 Å². The van der Waals surface area contributed by atoms with Gasteiger partial charge in [0.15, 0.2) is 0 Å². The summed E-state index contributed by atoms with van der Waals surface area (Å²) in [7, 11) is -2.40. The Morgan fingerprint density at radius 3 is 2.65 bits per heavy atom. The fraction of sp³-hybridized carbons (Fsp3) is 0.529. The molecule has 1 aromatic heterocycles. The van der Waals surface area contributed by atoms with Gasteiger partial charge in [0.05, 0.1) is 12.5 Å². The van der Waals surface area contributed by atoms with Crippen LogP contribution >= 0.6 is 0 Å². The Bertz CT molecular complexity index is 868. The fourth-order valence-corrected chi connectivity index (χ4v) is 4.70. The zero-order chi connectivity index (χ0) is 18.9. The third-order valence-electron chi connectivity index (χ3n) is 4.51. The summed E-state index contributed by atoms with van der Waals surface area (Å²) >= 11 is 0. The highest BCUT2D eigenvalue weighted by Crippen LogP contribution is 2.36. The molecule has 0 aliphatic carbocycles. The summed E-state index contributed by atoms with van der Waals surface area (Å²) in [6.07, 6.45) is 0.